The zero-order valence-corrected chi connectivity index (χ0v) is 21.1. The van der Waals surface area contributed by atoms with Crippen molar-refractivity contribution in [1.29, 1.82) is 0 Å². The molecule has 8 nitrogen and oxygen atoms in total. The molecule has 5 unspecified atom stereocenters. The lowest BCUT2D eigenvalue weighted by Gasteiger charge is -2.44. The van der Waals surface area contributed by atoms with Crippen molar-refractivity contribution in [2.75, 3.05) is 11.9 Å². The van der Waals surface area contributed by atoms with E-state index < -0.39 is 21.9 Å². The second kappa shape index (κ2) is 7.49. The number of hydrogen-bond acceptors (Lipinski definition) is 6. The first-order chi connectivity index (χ1) is 15.0. The Morgan fingerprint density at radius 1 is 1.22 bits per heavy atom. The van der Waals surface area contributed by atoms with Gasteiger partial charge in [-0.15, -0.1) is 4.40 Å². The molecule has 1 aromatic rings. The third kappa shape index (κ3) is 3.58. The molecule has 1 amide bonds. The number of amidine groups is 1. The summed E-state index contributed by atoms with van der Waals surface area (Å²) in [6, 6.07) is 4.66. The number of halogens is 1. The summed E-state index contributed by atoms with van der Waals surface area (Å²) >= 11 is 2.03. The van der Waals surface area contributed by atoms with E-state index in [2.05, 4.69) is 30.5 Å². The van der Waals surface area contributed by atoms with Crippen LogP contribution in [0.2, 0.25) is 0 Å². The van der Waals surface area contributed by atoms with Gasteiger partial charge in [0.2, 0.25) is 5.91 Å². The number of carbonyl (C=O) groups excluding carboxylic acids is 2. The lowest BCUT2D eigenvalue weighted by atomic mass is 9.73. The molecule has 0 spiro atoms. The predicted molar refractivity (Wildman–Crippen MR) is 127 cm³/mol. The molecule has 4 aliphatic heterocycles. The molecule has 10 heteroatoms. The van der Waals surface area contributed by atoms with E-state index in [0.29, 0.717) is 12.2 Å². The summed E-state index contributed by atoms with van der Waals surface area (Å²) < 4.78 is 36.5. The number of hydrogen-bond donors (Lipinski definition) is 1. The van der Waals surface area contributed by atoms with Crippen molar-refractivity contribution in [2.24, 2.45) is 21.6 Å². The Bertz CT molecular complexity index is 1140. The van der Waals surface area contributed by atoms with Gasteiger partial charge >= 0.3 is 0 Å². The topological polar surface area (TPSA) is 105 Å². The average molecular weight is 571 g/mol. The summed E-state index contributed by atoms with van der Waals surface area (Å²) in [5.41, 5.74) is 0.342. The molecule has 32 heavy (non-hydrogen) atoms. The van der Waals surface area contributed by atoms with Crippen LogP contribution in [0.15, 0.2) is 27.5 Å². The van der Waals surface area contributed by atoms with Gasteiger partial charge in [0.25, 0.3) is 10.0 Å². The Morgan fingerprint density at radius 2 is 1.94 bits per heavy atom. The summed E-state index contributed by atoms with van der Waals surface area (Å²) in [6.07, 6.45) is 2.03. The van der Waals surface area contributed by atoms with E-state index in [9.17, 15) is 18.0 Å². The Labute approximate surface area is 201 Å². The number of likely N-dealkylation sites (tertiary alicyclic amines) is 1. The highest BCUT2D eigenvalue weighted by molar-refractivity contribution is 14.1. The standard InChI is InChI=1S/C22H26IN3O5S/c1-22(2,3)8-9-26-18-14-7-6-13(31-14)16(18)19(27)17(21(26)28)20-24-12-5-4-11(23)10-15(12)32(29,30)25-20/h4-5,10,13-14,16-18H,6-9H2,1-3H3,(H,24,25). The summed E-state index contributed by atoms with van der Waals surface area (Å²) in [7, 11) is -4.03. The fraction of sp³-hybridized carbons (Fsp3) is 0.591. The molecular formula is C22H26IN3O5S. The van der Waals surface area contributed by atoms with Gasteiger partial charge in [0.05, 0.1) is 29.9 Å². The van der Waals surface area contributed by atoms with Crippen molar-refractivity contribution in [3.05, 3.63) is 21.8 Å². The second-order valence-corrected chi connectivity index (χ2v) is 13.0. The number of benzene rings is 1. The van der Waals surface area contributed by atoms with Gasteiger partial charge in [0.1, 0.15) is 10.7 Å². The lowest BCUT2D eigenvalue weighted by Crippen LogP contribution is -2.63. The smallest absolute Gasteiger partial charge is 0.286 e. The van der Waals surface area contributed by atoms with Crippen LogP contribution in [-0.4, -0.2) is 55.6 Å². The van der Waals surface area contributed by atoms with E-state index in [1.165, 1.54) is 6.07 Å². The Hall–Kier alpha value is -1.53. The molecule has 5 rings (SSSR count). The molecule has 0 aliphatic carbocycles. The maximum Gasteiger partial charge on any atom is 0.286 e. The Kier molecular flexibility index (Phi) is 5.21. The van der Waals surface area contributed by atoms with Gasteiger partial charge in [-0.1, -0.05) is 20.8 Å². The first-order valence-electron chi connectivity index (χ1n) is 10.9. The molecule has 0 radical (unpaired) electrons. The maximum absolute atomic E-state index is 13.7. The van der Waals surface area contributed by atoms with Crippen molar-refractivity contribution >= 4 is 55.8 Å². The highest BCUT2D eigenvalue weighted by atomic mass is 127. The van der Waals surface area contributed by atoms with Gasteiger partial charge in [-0.05, 0) is 65.5 Å². The quantitative estimate of drug-likeness (QED) is 0.442. The largest absolute Gasteiger partial charge is 0.372 e. The maximum atomic E-state index is 13.7. The van der Waals surface area contributed by atoms with Gasteiger partial charge in [-0.3, -0.25) is 9.59 Å². The molecule has 0 aromatic heterocycles. The van der Waals surface area contributed by atoms with Crippen LogP contribution in [0.4, 0.5) is 5.69 Å². The zero-order valence-electron chi connectivity index (χ0n) is 18.2. The summed E-state index contributed by atoms with van der Waals surface area (Å²) in [5, 5.41) is 2.99. The lowest BCUT2D eigenvalue weighted by molar-refractivity contribution is -0.151. The average Bonchev–Trinajstić information content (AvgIpc) is 3.29. The number of sulfonamides is 1. The number of ether oxygens (including phenoxy) is 1. The molecule has 4 heterocycles. The van der Waals surface area contributed by atoms with Crippen LogP contribution in [0, 0.1) is 20.8 Å². The molecule has 3 fully saturated rings. The molecule has 0 saturated carbocycles. The SMILES string of the molecule is CC(C)(C)CCN1C(=O)C(C2=NS(=O)(=O)c3cc(I)ccc3N2)C(=O)C2C3CCC(O3)C21. The summed E-state index contributed by atoms with van der Waals surface area (Å²) in [6.45, 7) is 6.82. The van der Waals surface area contributed by atoms with Gasteiger partial charge in [0.15, 0.2) is 11.7 Å². The number of carbonyl (C=O) groups is 2. The molecular weight excluding hydrogens is 545 g/mol. The minimum atomic E-state index is -4.03. The third-order valence-corrected chi connectivity index (χ3v) is 8.82. The van der Waals surface area contributed by atoms with Crippen molar-refractivity contribution in [3.8, 4) is 0 Å². The fourth-order valence-electron chi connectivity index (χ4n) is 5.27. The van der Waals surface area contributed by atoms with E-state index in [0.717, 1.165) is 22.8 Å². The minimum Gasteiger partial charge on any atom is -0.372 e. The fourth-order valence-corrected chi connectivity index (χ4v) is 7.16. The number of fused-ring (bicyclic) bond motifs is 6. The number of anilines is 1. The van der Waals surface area contributed by atoms with Crippen molar-refractivity contribution in [2.45, 2.75) is 63.2 Å². The molecule has 5 atom stereocenters. The van der Waals surface area contributed by atoms with Crippen LogP contribution in [0.1, 0.15) is 40.0 Å². The number of nitrogens with one attached hydrogen (secondary N) is 1. The molecule has 2 bridgehead atoms. The van der Waals surface area contributed by atoms with Crippen LogP contribution in [0.5, 0.6) is 0 Å². The number of piperidine rings is 1. The van der Waals surface area contributed by atoms with E-state index in [1.54, 1.807) is 17.0 Å². The van der Waals surface area contributed by atoms with Gasteiger partial charge in [0, 0.05) is 10.1 Å². The van der Waals surface area contributed by atoms with Gasteiger partial charge in [-0.2, -0.15) is 8.42 Å². The summed E-state index contributed by atoms with van der Waals surface area (Å²) in [5.74, 6) is -2.47. The third-order valence-electron chi connectivity index (χ3n) is 6.82. The molecule has 172 valence electrons. The number of rotatable bonds is 3. The minimum absolute atomic E-state index is 0.00519. The van der Waals surface area contributed by atoms with E-state index in [-0.39, 0.29) is 46.1 Å². The van der Waals surface area contributed by atoms with Crippen molar-refractivity contribution in [1.82, 2.24) is 4.90 Å². The molecule has 3 saturated heterocycles. The van der Waals surface area contributed by atoms with Crippen LogP contribution < -0.4 is 5.32 Å². The normalized spacial score (nSPS) is 32.9. The van der Waals surface area contributed by atoms with Gasteiger partial charge < -0.3 is 15.0 Å². The molecule has 4 aliphatic rings. The van der Waals surface area contributed by atoms with Crippen LogP contribution in [0.25, 0.3) is 0 Å². The van der Waals surface area contributed by atoms with Crippen LogP contribution in [-0.2, 0) is 24.3 Å². The highest BCUT2D eigenvalue weighted by Crippen LogP contribution is 2.47. The Morgan fingerprint density at radius 3 is 2.66 bits per heavy atom. The number of amides is 1. The van der Waals surface area contributed by atoms with Crippen molar-refractivity contribution in [3.63, 3.8) is 0 Å². The van der Waals surface area contributed by atoms with Crippen LogP contribution in [0.3, 0.4) is 0 Å². The first-order valence-corrected chi connectivity index (χ1v) is 13.4. The summed E-state index contributed by atoms with van der Waals surface area (Å²) in [4.78, 5) is 29.1. The van der Waals surface area contributed by atoms with Crippen LogP contribution >= 0.6 is 22.6 Å². The number of nitrogens with zero attached hydrogens (tertiary/aromatic N) is 2. The van der Waals surface area contributed by atoms with E-state index >= 15 is 0 Å². The molecule has 1 aromatic carbocycles. The Balaban J connectivity index is 1.54. The van der Waals surface area contributed by atoms with E-state index in [4.69, 9.17) is 4.74 Å². The van der Waals surface area contributed by atoms with Gasteiger partial charge in [-0.25, -0.2) is 0 Å². The second-order valence-electron chi connectivity index (χ2n) is 10.2. The number of Topliss-reactive ketones (excluding diaryl/α,β-unsaturated/α-hetero) is 1. The van der Waals surface area contributed by atoms with E-state index in [1.807, 2.05) is 22.6 Å². The monoisotopic (exact) mass is 571 g/mol. The zero-order chi connectivity index (χ0) is 23.0. The first kappa shape index (κ1) is 22.3. The van der Waals surface area contributed by atoms with Crippen molar-refractivity contribution < 1.29 is 22.7 Å². The predicted octanol–water partition coefficient (Wildman–Crippen LogP) is 2.81. The number of ketones is 1. The molecule has 1 N–H and O–H groups in total. The highest BCUT2D eigenvalue weighted by Gasteiger charge is 2.62.